The van der Waals surface area contributed by atoms with Crippen LogP contribution in [0.4, 0.5) is 0 Å². The van der Waals surface area contributed by atoms with Crippen LogP contribution in [-0.4, -0.2) is 37.4 Å². The van der Waals surface area contributed by atoms with E-state index < -0.39 is 5.60 Å². The number of ether oxygens (including phenoxy) is 2. The zero-order valence-corrected chi connectivity index (χ0v) is 11.4. The number of carbonyl (C=O) groups is 1. The minimum atomic E-state index is -0.403. The Balaban J connectivity index is 2.15. The van der Waals surface area contributed by atoms with Gasteiger partial charge < -0.3 is 14.8 Å². The van der Waals surface area contributed by atoms with Crippen LogP contribution in [0.25, 0.3) is 0 Å². The Labute approximate surface area is 104 Å². The van der Waals surface area contributed by atoms with E-state index in [1.54, 1.807) is 0 Å². The monoisotopic (exact) mass is 243 g/mol. The second-order valence-corrected chi connectivity index (χ2v) is 5.73. The minimum Gasteiger partial charge on any atom is -0.460 e. The van der Waals surface area contributed by atoms with Crippen LogP contribution in [0.2, 0.25) is 0 Å². The Kier molecular flexibility index (Phi) is 5.40. The summed E-state index contributed by atoms with van der Waals surface area (Å²) in [7, 11) is 0. The van der Waals surface area contributed by atoms with E-state index in [0.29, 0.717) is 12.6 Å². The average molecular weight is 243 g/mol. The number of esters is 1. The first-order valence-electron chi connectivity index (χ1n) is 6.43. The molecule has 100 valence electrons. The average Bonchev–Trinajstić information content (AvgIpc) is 2.67. The van der Waals surface area contributed by atoms with Gasteiger partial charge in [0.2, 0.25) is 0 Å². The Hall–Kier alpha value is -0.610. The molecule has 2 unspecified atom stereocenters. The van der Waals surface area contributed by atoms with Crippen molar-refractivity contribution in [2.45, 2.75) is 52.2 Å². The summed E-state index contributed by atoms with van der Waals surface area (Å²) in [4.78, 5) is 11.7. The summed E-state index contributed by atoms with van der Waals surface area (Å²) in [6, 6.07) is 0. The summed E-state index contributed by atoms with van der Waals surface area (Å²) >= 11 is 0. The van der Waals surface area contributed by atoms with Gasteiger partial charge in [0.05, 0.1) is 12.0 Å². The van der Waals surface area contributed by atoms with Crippen molar-refractivity contribution < 1.29 is 14.3 Å². The third kappa shape index (κ3) is 6.03. The highest BCUT2D eigenvalue weighted by Crippen LogP contribution is 2.12. The zero-order valence-electron chi connectivity index (χ0n) is 11.4. The molecule has 0 saturated carbocycles. The van der Waals surface area contributed by atoms with Gasteiger partial charge in [-0.2, -0.15) is 0 Å². The standard InChI is InChI=1S/C13H25NO3/c1-10(12(15)17-13(2,3)4)8-14-9-11-6-5-7-16-11/h10-11,14H,5-9H2,1-4H3. The summed E-state index contributed by atoms with van der Waals surface area (Å²) in [5, 5.41) is 3.27. The van der Waals surface area contributed by atoms with Crippen molar-refractivity contribution in [1.29, 1.82) is 0 Å². The molecule has 0 spiro atoms. The molecule has 1 aliphatic heterocycles. The van der Waals surface area contributed by atoms with E-state index in [4.69, 9.17) is 9.47 Å². The van der Waals surface area contributed by atoms with Gasteiger partial charge in [0, 0.05) is 19.7 Å². The maximum atomic E-state index is 11.7. The van der Waals surface area contributed by atoms with Crippen LogP contribution in [0.15, 0.2) is 0 Å². The maximum Gasteiger partial charge on any atom is 0.310 e. The van der Waals surface area contributed by atoms with Crippen LogP contribution in [0.1, 0.15) is 40.5 Å². The van der Waals surface area contributed by atoms with Crippen LogP contribution in [0.3, 0.4) is 0 Å². The number of rotatable bonds is 5. The number of nitrogens with one attached hydrogen (secondary N) is 1. The Bertz CT molecular complexity index is 242. The molecule has 4 heteroatoms. The third-order valence-corrected chi connectivity index (χ3v) is 2.66. The van der Waals surface area contributed by atoms with E-state index in [1.807, 2.05) is 27.7 Å². The largest absolute Gasteiger partial charge is 0.460 e. The molecule has 0 bridgehead atoms. The number of hydrogen-bond donors (Lipinski definition) is 1. The Morgan fingerprint density at radius 3 is 2.76 bits per heavy atom. The molecule has 2 atom stereocenters. The first-order valence-corrected chi connectivity index (χ1v) is 6.43. The normalized spacial score (nSPS) is 22.5. The van der Waals surface area contributed by atoms with Crippen molar-refractivity contribution in [1.82, 2.24) is 5.32 Å². The summed E-state index contributed by atoms with van der Waals surface area (Å²) in [6.07, 6.45) is 2.59. The second kappa shape index (κ2) is 6.36. The molecule has 1 aliphatic rings. The smallest absolute Gasteiger partial charge is 0.310 e. The van der Waals surface area contributed by atoms with Crippen LogP contribution in [0, 0.1) is 5.92 Å². The molecule has 0 aromatic rings. The lowest BCUT2D eigenvalue weighted by Gasteiger charge is -2.22. The molecular formula is C13H25NO3. The molecule has 1 rings (SSSR count). The Morgan fingerprint density at radius 1 is 1.53 bits per heavy atom. The highest BCUT2D eigenvalue weighted by molar-refractivity contribution is 5.72. The van der Waals surface area contributed by atoms with Crippen molar-refractivity contribution in [2.75, 3.05) is 19.7 Å². The highest BCUT2D eigenvalue weighted by Gasteiger charge is 2.22. The molecule has 1 saturated heterocycles. The van der Waals surface area contributed by atoms with Gasteiger partial charge in [-0.3, -0.25) is 4.79 Å². The summed E-state index contributed by atoms with van der Waals surface area (Å²) in [6.45, 7) is 9.89. The van der Waals surface area contributed by atoms with Crippen LogP contribution in [0.5, 0.6) is 0 Å². The molecule has 4 nitrogen and oxygen atoms in total. The predicted octanol–water partition coefficient (Wildman–Crippen LogP) is 1.73. The molecule has 0 aromatic carbocycles. The maximum absolute atomic E-state index is 11.7. The van der Waals surface area contributed by atoms with Gasteiger partial charge >= 0.3 is 5.97 Å². The van der Waals surface area contributed by atoms with Gasteiger partial charge in [-0.1, -0.05) is 6.92 Å². The molecule has 1 N–H and O–H groups in total. The van der Waals surface area contributed by atoms with E-state index >= 15 is 0 Å². The highest BCUT2D eigenvalue weighted by atomic mass is 16.6. The quantitative estimate of drug-likeness (QED) is 0.747. The lowest BCUT2D eigenvalue weighted by atomic mass is 10.1. The van der Waals surface area contributed by atoms with Crippen molar-refractivity contribution >= 4 is 5.97 Å². The van der Waals surface area contributed by atoms with Gasteiger partial charge in [0.25, 0.3) is 0 Å². The third-order valence-electron chi connectivity index (χ3n) is 2.66. The lowest BCUT2D eigenvalue weighted by molar-refractivity contribution is -0.159. The van der Waals surface area contributed by atoms with Crippen LogP contribution < -0.4 is 5.32 Å². The number of carbonyl (C=O) groups excluding carboxylic acids is 1. The van der Waals surface area contributed by atoms with Gasteiger partial charge in [-0.25, -0.2) is 0 Å². The summed E-state index contributed by atoms with van der Waals surface area (Å²) in [5.74, 6) is -0.257. The molecular weight excluding hydrogens is 218 g/mol. The number of hydrogen-bond acceptors (Lipinski definition) is 4. The van der Waals surface area contributed by atoms with E-state index in [-0.39, 0.29) is 11.9 Å². The molecule has 0 amide bonds. The van der Waals surface area contributed by atoms with E-state index in [1.165, 1.54) is 0 Å². The minimum absolute atomic E-state index is 0.115. The predicted molar refractivity (Wildman–Crippen MR) is 66.9 cm³/mol. The van der Waals surface area contributed by atoms with Gasteiger partial charge in [0.1, 0.15) is 5.60 Å². The van der Waals surface area contributed by atoms with Crippen molar-refractivity contribution in [3.05, 3.63) is 0 Å². The van der Waals surface area contributed by atoms with Crippen molar-refractivity contribution in [3.63, 3.8) is 0 Å². The van der Waals surface area contributed by atoms with Gasteiger partial charge in [-0.05, 0) is 33.6 Å². The lowest BCUT2D eigenvalue weighted by Crippen LogP contribution is -2.35. The van der Waals surface area contributed by atoms with Crippen molar-refractivity contribution in [2.24, 2.45) is 5.92 Å². The first kappa shape index (κ1) is 14.5. The van der Waals surface area contributed by atoms with E-state index in [0.717, 1.165) is 26.0 Å². The zero-order chi connectivity index (χ0) is 12.9. The van der Waals surface area contributed by atoms with E-state index in [2.05, 4.69) is 5.32 Å². The molecule has 1 heterocycles. The Morgan fingerprint density at radius 2 is 2.24 bits per heavy atom. The summed E-state index contributed by atoms with van der Waals surface area (Å²) in [5.41, 5.74) is -0.403. The van der Waals surface area contributed by atoms with E-state index in [9.17, 15) is 4.79 Å². The fourth-order valence-electron chi connectivity index (χ4n) is 1.75. The fourth-order valence-corrected chi connectivity index (χ4v) is 1.75. The molecule has 17 heavy (non-hydrogen) atoms. The van der Waals surface area contributed by atoms with Crippen molar-refractivity contribution in [3.8, 4) is 0 Å². The summed E-state index contributed by atoms with van der Waals surface area (Å²) < 4.78 is 10.8. The topological polar surface area (TPSA) is 47.6 Å². The molecule has 0 radical (unpaired) electrons. The van der Waals surface area contributed by atoms with Gasteiger partial charge in [-0.15, -0.1) is 0 Å². The van der Waals surface area contributed by atoms with Gasteiger partial charge in [0.15, 0.2) is 0 Å². The molecule has 0 aliphatic carbocycles. The van der Waals surface area contributed by atoms with Crippen LogP contribution in [-0.2, 0) is 14.3 Å². The second-order valence-electron chi connectivity index (χ2n) is 5.73. The first-order chi connectivity index (χ1) is 7.88. The molecule has 0 aromatic heterocycles. The van der Waals surface area contributed by atoms with Crippen LogP contribution >= 0.6 is 0 Å². The SMILES string of the molecule is CC(CNCC1CCCO1)C(=O)OC(C)(C)C. The fraction of sp³-hybridized carbons (Fsp3) is 0.923. The molecule has 1 fully saturated rings.